The Labute approximate surface area is 141 Å². The van der Waals surface area contributed by atoms with Crippen LogP contribution < -0.4 is 4.74 Å². The summed E-state index contributed by atoms with van der Waals surface area (Å²) in [5.41, 5.74) is 2.38. The number of nitrogens with one attached hydrogen (secondary N) is 1. The number of ether oxygens (including phenoxy) is 2. The molecule has 2 aromatic rings. The highest BCUT2D eigenvalue weighted by atomic mass is 16.5. The summed E-state index contributed by atoms with van der Waals surface area (Å²) in [6.45, 7) is 4.92. The molecule has 0 saturated heterocycles. The zero-order valence-electron chi connectivity index (χ0n) is 14.3. The zero-order chi connectivity index (χ0) is 17.1. The second kappa shape index (κ2) is 7.05. The topological polar surface area (TPSA) is 67.5 Å². The van der Waals surface area contributed by atoms with Crippen molar-refractivity contribution in [1.29, 1.82) is 0 Å². The lowest BCUT2D eigenvalue weighted by atomic mass is 9.99. The van der Waals surface area contributed by atoms with Crippen LogP contribution in [-0.2, 0) is 11.2 Å². The molecule has 2 heterocycles. The second-order valence-electron chi connectivity index (χ2n) is 6.15. The molecular formula is C18H23N3O3. The first-order chi connectivity index (χ1) is 11.6. The van der Waals surface area contributed by atoms with Gasteiger partial charge in [0, 0.05) is 19.0 Å². The van der Waals surface area contributed by atoms with Crippen molar-refractivity contribution in [2.75, 3.05) is 20.2 Å². The number of H-pyrrole nitrogens is 1. The molecule has 1 aromatic carbocycles. The van der Waals surface area contributed by atoms with Crippen LogP contribution in [0.2, 0.25) is 0 Å². The quantitative estimate of drug-likeness (QED) is 0.915. The van der Waals surface area contributed by atoms with Gasteiger partial charge in [-0.2, -0.15) is 5.10 Å². The summed E-state index contributed by atoms with van der Waals surface area (Å²) < 4.78 is 11.4. The number of nitrogens with zero attached hydrogens (tertiary/aromatic N) is 2. The number of carbonyl (C=O) groups excluding carboxylic acids is 1. The second-order valence-corrected chi connectivity index (χ2v) is 6.15. The zero-order valence-corrected chi connectivity index (χ0v) is 14.3. The minimum Gasteiger partial charge on any atom is -0.492 e. The molecule has 0 unspecified atom stereocenters. The Morgan fingerprint density at radius 2 is 2.12 bits per heavy atom. The Hall–Kier alpha value is -2.34. The van der Waals surface area contributed by atoms with Gasteiger partial charge in [-0.15, -0.1) is 0 Å². The molecule has 0 saturated carbocycles. The molecule has 128 valence electrons. The summed E-state index contributed by atoms with van der Waals surface area (Å²) in [4.78, 5) is 14.3. The number of hydrogen-bond acceptors (Lipinski definition) is 4. The third-order valence-corrected chi connectivity index (χ3v) is 4.22. The van der Waals surface area contributed by atoms with Crippen LogP contribution >= 0.6 is 0 Å². The average Bonchev–Trinajstić information content (AvgIpc) is 2.99. The first kappa shape index (κ1) is 16.5. The molecule has 1 aromatic heterocycles. The molecule has 6 heteroatoms. The van der Waals surface area contributed by atoms with Crippen molar-refractivity contribution >= 4 is 5.91 Å². The van der Waals surface area contributed by atoms with Crippen LogP contribution in [0.4, 0.5) is 0 Å². The van der Waals surface area contributed by atoms with Gasteiger partial charge in [-0.1, -0.05) is 18.2 Å². The van der Waals surface area contributed by atoms with Crippen molar-refractivity contribution in [1.82, 2.24) is 15.1 Å². The molecule has 0 bridgehead atoms. The maximum absolute atomic E-state index is 12.7. The number of likely N-dealkylation sites (N-methyl/N-ethyl adjacent to an activating group) is 1. The Kier molecular flexibility index (Phi) is 4.85. The van der Waals surface area contributed by atoms with Gasteiger partial charge in [0.15, 0.2) is 5.69 Å². The number of hydrogen-bond donors (Lipinski definition) is 1. The predicted octanol–water partition coefficient (Wildman–Crippen LogP) is 2.58. The monoisotopic (exact) mass is 329 g/mol. The smallest absolute Gasteiger partial charge is 0.274 e. The highest BCUT2D eigenvalue weighted by Gasteiger charge is 2.30. The van der Waals surface area contributed by atoms with Crippen LogP contribution in [0, 0.1) is 0 Å². The van der Waals surface area contributed by atoms with Crippen LogP contribution in [0.1, 0.15) is 41.7 Å². The fourth-order valence-electron chi connectivity index (χ4n) is 2.95. The maximum atomic E-state index is 12.7. The number of para-hydroxylation sites is 1. The molecule has 1 aliphatic heterocycles. The molecule has 1 N–H and O–H groups in total. The fraction of sp³-hybridized carbons (Fsp3) is 0.444. The van der Waals surface area contributed by atoms with E-state index in [2.05, 4.69) is 10.2 Å². The van der Waals surface area contributed by atoms with Crippen LogP contribution in [0.5, 0.6) is 5.75 Å². The van der Waals surface area contributed by atoms with E-state index in [1.807, 2.05) is 44.2 Å². The summed E-state index contributed by atoms with van der Waals surface area (Å²) in [6, 6.07) is 9.58. The number of carbonyl (C=O) groups is 1. The first-order valence-corrected chi connectivity index (χ1v) is 8.22. The molecule has 6 nitrogen and oxygen atoms in total. The molecule has 0 fully saturated rings. The van der Waals surface area contributed by atoms with Gasteiger partial charge in [0.1, 0.15) is 12.4 Å². The third kappa shape index (κ3) is 3.43. The molecule has 2 atom stereocenters. The molecule has 24 heavy (non-hydrogen) atoms. The summed E-state index contributed by atoms with van der Waals surface area (Å²) in [7, 11) is 1.77. The van der Waals surface area contributed by atoms with Gasteiger partial charge in [-0.3, -0.25) is 9.89 Å². The third-order valence-electron chi connectivity index (χ3n) is 4.22. The highest BCUT2D eigenvalue weighted by molar-refractivity contribution is 5.94. The molecule has 0 aliphatic carbocycles. The number of fused-ring (bicyclic) bond motifs is 1. The van der Waals surface area contributed by atoms with Crippen molar-refractivity contribution in [2.24, 2.45) is 0 Å². The minimum atomic E-state index is -0.0922. The lowest BCUT2D eigenvalue weighted by Crippen LogP contribution is -2.32. The van der Waals surface area contributed by atoms with E-state index in [4.69, 9.17) is 9.47 Å². The van der Waals surface area contributed by atoms with Crippen molar-refractivity contribution in [2.45, 2.75) is 32.5 Å². The van der Waals surface area contributed by atoms with Gasteiger partial charge < -0.3 is 14.4 Å². The summed E-state index contributed by atoms with van der Waals surface area (Å²) in [5.74, 6) is 0.709. The average molecular weight is 329 g/mol. The van der Waals surface area contributed by atoms with E-state index >= 15 is 0 Å². The fourth-order valence-corrected chi connectivity index (χ4v) is 2.95. The van der Waals surface area contributed by atoms with Crippen LogP contribution in [0.3, 0.4) is 0 Å². The molecule has 1 aliphatic rings. The van der Waals surface area contributed by atoms with Gasteiger partial charge >= 0.3 is 0 Å². The van der Waals surface area contributed by atoms with E-state index in [0.717, 1.165) is 17.0 Å². The molecule has 0 radical (unpaired) electrons. The number of aromatic nitrogens is 2. The Morgan fingerprint density at radius 1 is 1.38 bits per heavy atom. The van der Waals surface area contributed by atoms with Crippen LogP contribution in [0.25, 0.3) is 0 Å². The highest BCUT2D eigenvalue weighted by Crippen LogP contribution is 2.30. The standard InChI is InChI=1S/C18H23N3O3/c1-12-11-15-16(13(2)24-12)19-20-17(15)18(22)21(3)9-10-23-14-7-5-4-6-8-14/h4-8,12-13H,9-11H2,1-3H3,(H,19,20)/t12-,13+/m1/s1. The van der Waals surface area contributed by atoms with E-state index in [-0.39, 0.29) is 18.1 Å². The lowest BCUT2D eigenvalue weighted by Gasteiger charge is -2.25. The van der Waals surface area contributed by atoms with Crippen molar-refractivity contribution < 1.29 is 14.3 Å². The number of rotatable bonds is 5. The van der Waals surface area contributed by atoms with Crippen LogP contribution in [0.15, 0.2) is 30.3 Å². The minimum absolute atomic E-state index is 0.0653. The Balaban J connectivity index is 1.62. The normalized spacial score (nSPS) is 19.6. The molecule has 1 amide bonds. The van der Waals surface area contributed by atoms with E-state index < -0.39 is 0 Å². The van der Waals surface area contributed by atoms with Crippen molar-refractivity contribution in [3.05, 3.63) is 47.3 Å². The summed E-state index contributed by atoms with van der Waals surface area (Å²) in [5, 5.41) is 7.19. The maximum Gasteiger partial charge on any atom is 0.274 e. The number of amides is 1. The van der Waals surface area contributed by atoms with E-state index in [0.29, 0.717) is 25.3 Å². The predicted molar refractivity (Wildman–Crippen MR) is 90.2 cm³/mol. The largest absolute Gasteiger partial charge is 0.492 e. The first-order valence-electron chi connectivity index (χ1n) is 8.22. The van der Waals surface area contributed by atoms with Gasteiger partial charge in [0.25, 0.3) is 5.91 Å². The Morgan fingerprint density at radius 3 is 2.88 bits per heavy atom. The SMILES string of the molecule is C[C@@H]1Cc2c(C(=O)N(C)CCOc3ccccc3)n[nH]c2[C@H](C)O1. The van der Waals surface area contributed by atoms with E-state index in [1.165, 1.54) is 0 Å². The van der Waals surface area contributed by atoms with Crippen molar-refractivity contribution in [3.63, 3.8) is 0 Å². The molecule has 0 spiro atoms. The summed E-state index contributed by atoms with van der Waals surface area (Å²) >= 11 is 0. The van der Waals surface area contributed by atoms with Gasteiger partial charge in [-0.25, -0.2) is 0 Å². The van der Waals surface area contributed by atoms with Gasteiger partial charge in [-0.05, 0) is 26.0 Å². The van der Waals surface area contributed by atoms with Gasteiger partial charge in [0.05, 0.1) is 24.4 Å². The molecular weight excluding hydrogens is 306 g/mol. The number of aromatic amines is 1. The molecule has 3 rings (SSSR count). The lowest BCUT2D eigenvalue weighted by molar-refractivity contribution is -0.00701. The van der Waals surface area contributed by atoms with E-state index in [9.17, 15) is 4.79 Å². The Bertz CT molecular complexity index is 699. The van der Waals surface area contributed by atoms with Gasteiger partial charge in [0.2, 0.25) is 0 Å². The van der Waals surface area contributed by atoms with Crippen molar-refractivity contribution in [3.8, 4) is 5.75 Å². The summed E-state index contributed by atoms with van der Waals surface area (Å²) in [6.07, 6.45) is 0.721. The van der Waals surface area contributed by atoms with Crippen LogP contribution in [-0.4, -0.2) is 47.3 Å². The van der Waals surface area contributed by atoms with E-state index in [1.54, 1.807) is 11.9 Å². The number of benzene rings is 1.